The zero-order valence-corrected chi connectivity index (χ0v) is 11.8. The molecule has 0 aliphatic heterocycles. The van der Waals surface area contributed by atoms with Gasteiger partial charge in [-0.3, -0.25) is 14.2 Å². The van der Waals surface area contributed by atoms with Gasteiger partial charge in [0, 0.05) is 7.11 Å². The minimum absolute atomic E-state index is 0.147. The molecule has 0 amide bonds. The number of rotatable bonds is 5. The Morgan fingerprint density at radius 1 is 1.42 bits per heavy atom. The quantitative estimate of drug-likeness (QED) is 0.625. The molecular formula is C12H12ClNO4S. The van der Waals surface area contributed by atoms with Crippen LogP contribution in [0, 0.1) is 0 Å². The average molecular weight is 302 g/mol. The van der Waals surface area contributed by atoms with Crippen LogP contribution in [0.2, 0.25) is 5.02 Å². The van der Waals surface area contributed by atoms with Crippen LogP contribution in [0.25, 0.3) is 10.2 Å². The molecule has 2 aromatic rings. The van der Waals surface area contributed by atoms with E-state index in [1.54, 1.807) is 18.2 Å². The monoisotopic (exact) mass is 301 g/mol. The molecule has 1 heterocycles. The van der Waals surface area contributed by atoms with E-state index in [2.05, 4.69) is 0 Å². The van der Waals surface area contributed by atoms with E-state index in [4.69, 9.17) is 21.1 Å². The van der Waals surface area contributed by atoms with Gasteiger partial charge in [-0.25, -0.2) is 0 Å². The molecule has 102 valence electrons. The van der Waals surface area contributed by atoms with Crippen LogP contribution in [0.3, 0.4) is 0 Å². The lowest BCUT2D eigenvalue weighted by atomic mass is 10.3. The van der Waals surface area contributed by atoms with Crippen molar-refractivity contribution in [1.82, 2.24) is 4.57 Å². The lowest BCUT2D eigenvalue weighted by Crippen LogP contribution is -2.22. The number of para-hydroxylation sites is 1. The van der Waals surface area contributed by atoms with Gasteiger partial charge >= 0.3 is 10.8 Å². The molecule has 0 atom stereocenters. The van der Waals surface area contributed by atoms with Crippen LogP contribution in [0.1, 0.15) is 0 Å². The Balaban J connectivity index is 2.23. The van der Waals surface area contributed by atoms with Gasteiger partial charge in [-0.15, -0.1) is 0 Å². The van der Waals surface area contributed by atoms with Crippen molar-refractivity contribution in [3.05, 3.63) is 32.9 Å². The Morgan fingerprint density at radius 3 is 2.95 bits per heavy atom. The highest BCUT2D eigenvalue weighted by molar-refractivity contribution is 7.16. The Morgan fingerprint density at radius 2 is 2.21 bits per heavy atom. The number of nitrogens with zero attached hydrogens (tertiary/aromatic N) is 1. The standard InChI is InChI=1S/C12H12ClNO4S/c1-17-5-6-18-10(15)7-14-11-8(13)3-2-4-9(11)19-12(14)16/h2-4H,5-7H2,1H3. The van der Waals surface area contributed by atoms with Crippen molar-refractivity contribution in [2.24, 2.45) is 0 Å². The van der Waals surface area contributed by atoms with Crippen molar-refractivity contribution in [1.29, 1.82) is 0 Å². The van der Waals surface area contributed by atoms with Crippen LogP contribution >= 0.6 is 22.9 Å². The maximum absolute atomic E-state index is 11.8. The number of ether oxygens (including phenoxy) is 2. The van der Waals surface area contributed by atoms with E-state index in [9.17, 15) is 9.59 Å². The summed E-state index contributed by atoms with van der Waals surface area (Å²) in [7, 11) is 1.52. The second-order valence-corrected chi connectivity index (χ2v) is 5.15. The number of methoxy groups -OCH3 is 1. The molecule has 0 N–H and O–H groups in total. The lowest BCUT2D eigenvalue weighted by Gasteiger charge is -2.06. The third kappa shape index (κ3) is 3.15. The summed E-state index contributed by atoms with van der Waals surface area (Å²) in [5.41, 5.74) is 0.572. The first kappa shape index (κ1) is 14.0. The molecule has 0 unspecified atom stereocenters. The summed E-state index contributed by atoms with van der Waals surface area (Å²) in [6.45, 7) is 0.345. The first-order valence-corrected chi connectivity index (χ1v) is 6.75. The van der Waals surface area contributed by atoms with Crippen LogP contribution < -0.4 is 4.87 Å². The number of carbonyl (C=O) groups excluding carboxylic acids is 1. The Bertz CT molecular complexity index is 649. The minimum atomic E-state index is -0.487. The zero-order valence-electron chi connectivity index (χ0n) is 10.2. The summed E-state index contributed by atoms with van der Waals surface area (Å²) >= 11 is 7.11. The second kappa shape index (κ2) is 6.18. The first-order valence-electron chi connectivity index (χ1n) is 5.56. The summed E-state index contributed by atoms with van der Waals surface area (Å²) in [4.78, 5) is 23.2. The number of fused-ring (bicyclic) bond motifs is 1. The highest BCUT2D eigenvalue weighted by Gasteiger charge is 2.14. The van der Waals surface area contributed by atoms with Crippen molar-refractivity contribution in [3.63, 3.8) is 0 Å². The summed E-state index contributed by atoms with van der Waals surface area (Å²) in [6.07, 6.45) is 0. The molecule has 0 saturated carbocycles. The SMILES string of the molecule is COCCOC(=O)Cn1c(=O)sc2cccc(Cl)c21. The zero-order chi connectivity index (χ0) is 13.8. The fraction of sp³-hybridized carbons (Fsp3) is 0.333. The number of hydrogen-bond donors (Lipinski definition) is 0. The van der Waals surface area contributed by atoms with Crippen LogP contribution in [0.5, 0.6) is 0 Å². The molecule has 0 aliphatic carbocycles. The third-order valence-electron chi connectivity index (χ3n) is 2.48. The van der Waals surface area contributed by atoms with Crippen LogP contribution in [-0.2, 0) is 20.8 Å². The molecule has 0 aliphatic rings. The Hall–Kier alpha value is -1.37. The van der Waals surface area contributed by atoms with E-state index >= 15 is 0 Å². The van der Waals surface area contributed by atoms with Crippen LogP contribution in [0.4, 0.5) is 0 Å². The van der Waals surface area contributed by atoms with Crippen LogP contribution in [-0.4, -0.2) is 30.9 Å². The molecule has 0 saturated heterocycles. The van der Waals surface area contributed by atoms with Gasteiger partial charge in [0.15, 0.2) is 0 Å². The second-order valence-electron chi connectivity index (χ2n) is 3.75. The van der Waals surface area contributed by atoms with E-state index < -0.39 is 5.97 Å². The van der Waals surface area contributed by atoms with E-state index in [0.717, 1.165) is 16.0 Å². The molecule has 0 fully saturated rings. The number of benzene rings is 1. The molecule has 5 nitrogen and oxygen atoms in total. The molecule has 0 bridgehead atoms. The molecule has 19 heavy (non-hydrogen) atoms. The number of thiazole rings is 1. The summed E-state index contributed by atoms with van der Waals surface area (Å²) in [6, 6.07) is 5.24. The maximum Gasteiger partial charge on any atom is 0.326 e. The molecule has 2 rings (SSSR count). The number of halogens is 1. The maximum atomic E-state index is 11.8. The molecule has 0 spiro atoms. The molecular weight excluding hydrogens is 290 g/mol. The molecule has 1 aromatic carbocycles. The number of aromatic nitrogens is 1. The van der Waals surface area contributed by atoms with Crippen molar-refractivity contribution < 1.29 is 14.3 Å². The minimum Gasteiger partial charge on any atom is -0.462 e. The van der Waals surface area contributed by atoms with E-state index in [1.807, 2.05) is 0 Å². The molecule has 0 radical (unpaired) electrons. The van der Waals surface area contributed by atoms with Gasteiger partial charge in [0.25, 0.3) is 0 Å². The normalized spacial score (nSPS) is 10.8. The topological polar surface area (TPSA) is 57.5 Å². The lowest BCUT2D eigenvalue weighted by molar-refractivity contribution is -0.145. The summed E-state index contributed by atoms with van der Waals surface area (Å²) in [5, 5.41) is 0.445. The average Bonchev–Trinajstić information content (AvgIpc) is 2.67. The van der Waals surface area contributed by atoms with Gasteiger partial charge < -0.3 is 9.47 Å². The van der Waals surface area contributed by atoms with Crippen molar-refractivity contribution in [2.75, 3.05) is 20.3 Å². The summed E-state index contributed by atoms with van der Waals surface area (Å²) in [5.74, 6) is -0.487. The predicted molar refractivity (Wildman–Crippen MR) is 73.9 cm³/mol. The van der Waals surface area contributed by atoms with Crippen LogP contribution in [0.15, 0.2) is 23.0 Å². The fourth-order valence-electron chi connectivity index (χ4n) is 1.64. The number of hydrogen-bond acceptors (Lipinski definition) is 5. The van der Waals surface area contributed by atoms with Gasteiger partial charge in [0.1, 0.15) is 13.2 Å². The third-order valence-corrected chi connectivity index (χ3v) is 3.72. The van der Waals surface area contributed by atoms with Crippen molar-refractivity contribution in [2.45, 2.75) is 6.54 Å². The molecule has 7 heteroatoms. The number of carbonyl (C=O) groups is 1. The largest absolute Gasteiger partial charge is 0.462 e. The van der Waals surface area contributed by atoms with Gasteiger partial charge in [0.05, 0.1) is 21.8 Å². The van der Waals surface area contributed by atoms with Gasteiger partial charge in [-0.05, 0) is 12.1 Å². The Labute approximate surface area is 118 Å². The first-order chi connectivity index (χ1) is 9.13. The van der Waals surface area contributed by atoms with E-state index in [0.29, 0.717) is 17.1 Å². The van der Waals surface area contributed by atoms with Gasteiger partial charge in [-0.1, -0.05) is 29.0 Å². The fourth-order valence-corrected chi connectivity index (χ4v) is 2.89. The highest BCUT2D eigenvalue weighted by Crippen LogP contribution is 2.25. The highest BCUT2D eigenvalue weighted by atomic mass is 35.5. The predicted octanol–water partition coefficient (Wildman–Crippen LogP) is 1.91. The van der Waals surface area contributed by atoms with Gasteiger partial charge in [-0.2, -0.15) is 0 Å². The van der Waals surface area contributed by atoms with Gasteiger partial charge in [0.2, 0.25) is 0 Å². The molecule has 1 aromatic heterocycles. The number of esters is 1. The van der Waals surface area contributed by atoms with E-state index in [-0.39, 0.29) is 18.0 Å². The van der Waals surface area contributed by atoms with Crippen molar-refractivity contribution >= 4 is 39.1 Å². The van der Waals surface area contributed by atoms with E-state index in [1.165, 1.54) is 11.7 Å². The Kier molecular flexibility index (Phi) is 4.57. The summed E-state index contributed by atoms with van der Waals surface area (Å²) < 4.78 is 11.8. The van der Waals surface area contributed by atoms with Crippen molar-refractivity contribution in [3.8, 4) is 0 Å². The smallest absolute Gasteiger partial charge is 0.326 e.